The zero-order valence-corrected chi connectivity index (χ0v) is 21.6. The maximum Gasteiger partial charge on any atom is 0.344 e. The lowest BCUT2D eigenvalue weighted by atomic mass is 9.84. The number of anilines is 2. The number of piperidine rings is 1. The highest BCUT2D eigenvalue weighted by Crippen LogP contribution is 2.40. The summed E-state index contributed by atoms with van der Waals surface area (Å²) in [4.78, 5) is 20.0. The molecule has 0 bridgehead atoms. The van der Waals surface area contributed by atoms with Crippen LogP contribution in [0.5, 0.6) is 0 Å². The van der Waals surface area contributed by atoms with Crippen LogP contribution in [0.2, 0.25) is 0 Å². The summed E-state index contributed by atoms with van der Waals surface area (Å²) in [5, 5.41) is 4.10. The molecule has 9 nitrogen and oxygen atoms in total. The highest BCUT2D eigenvalue weighted by Gasteiger charge is 2.44. The fourth-order valence-electron chi connectivity index (χ4n) is 6.09. The van der Waals surface area contributed by atoms with Crippen LogP contribution in [0.4, 0.5) is 16.3 Å². The molecular weight excluding hydrogens is 464 g/mol. The molecule has 3 aliphatic heterocycles. The van der Waals surface area contributed by atoms with Gasteiger partial charge in [0.1, 0.15) is 0 Å². The predicted molar refractivity (Wildman–Crippen MR) is 137 cm³/mol. The van der Waals surface area contributed by atoms with Crippen LogP contribution in [-0.2, 0) is 16.6 Å². The Morgan fingerprint density at radius 3 is 2.49 bits per heavy atom. The van der Waals surface area contributed by atoms with Crippen LogP contribution in [-0.4, -0.2) is 78.5 Å². The molecule has 0 atom stereocenters. The van der Waals surface area contributed by atoms with Gasteiger partial charge in [-0.25, -0.2) is 13.2 Å². The molecule has 3 saturated heterocycles. The van der Waals surface area contributed by atoms with E-state index < -0.39 is 10.0 Å². The third-order valence-corrected chi connectivity index (χ3v) is 8.59. The minimum Gasteiger partial charge on any atom is -0.371 e. The summed E-state index contributed by atoms with van der Waals surface area (Å²) in [6.07, 6.45) is 9.39. The molecule has 4 heterocycles. The first kappa shape index (κ1) is 24.1. The van der Waals surface area contributed by atoms with E-state index in [0.29, 0.717) is 13.1 Å². The van der Waals surface area contributed by atoms with E-state index in [-0.39, 0.29) is 17.4 Å². The number of sulfonamides is 1. The standard InChI is InChI=1S/C25H36N6O3S/c1-20-21(7-5-8-22(20)28-13-3-4-14-28)19-30-15-6-10-25(30)11-17-29(18-12-25)24(32)31-16-9-23(26-31)27-35(2,33)34/h5,7-9,16H,3-4,6,10-15,17-19H2,1-2H3,(H,26,27). The summed E-state index contributed by atoms with van der Waals surface area (Å²) in [6.45, 7) is 7.99. The first-order valence-electron chi connectivity index (χ1n) is 12.7. The van der Waals surface area contributed by atoms with Crippen LogP contribution in [0.3, 0.4) is 0 Å². The number of carbonyl (C=O) groups excluding carboxylic acids is 1. The Labute approximate surface area is 208 Å². The highest BCUT2D eigenvalue weighted by molar-refractivity contribution is 7.92. The largest absolute Gasteiger partial charge is 0.371 e. The van der Waals surface area contributed by atoms with E-state index in [1.165, 1.54) is 59.4 Å². The van der Waals surface area contributed by atoms with E-state index in [1.54, 1.807) is 0 Å². The average molecular weight is 501 g/mol. The monoisotopic (exact) mass is 500 g/mol. The van der Waals surface area contributed by atoms with Crippen molar-refractivity contribution in [1.82, 2.24) is 19.6 Å². The number of hydrogen-bond donors (Lipinski definition) is 1. The van der Waals surface area contributed by atoms with E-state index >= 15 is 0 Å². The summed E-state index contributed by atoms with van der Waals surface area (Å²) in [5.74, 6) is 0.155. The summed E-state index contributed by atoms with van der Waals surface area (Å²) < 4.78 is 26.4. The number of benzene rings is 1. The molecular formula is C25H36N6O3S. The van der Waals surface area contributed by atoms with E-state index in [1.807, 2.05) is 4.90 Å². The molecule has 1 aromatic carbocycles. The molecule has 0 saturated carbocycles. The molecule has 0 unspecified atom stereocenters. The maximum atomic E-state index is 13.0. The molecule has 0 radical (unpaired) electrons. The zero-order valence-electron chi connectivity index (χ0n) is 20.7. The average Bonchev–Trinajstić information content (AvgIpc) is 3.57. The Hall–Kier alpha value is -2.59. The zero-order chi connectivity index (χ0) is 24.6. The van der Waals surface area contributed by atoms with Gasteiger partial charge in [-0.15, -0.1) is 5.10 Å². The van der Waals surface area contributed by atoms with E-state index in [9.17, 15) is 13.2 Å². The molecule has 1 aromatic heterocycles. The van der Waals surface area contributed by atoms with Gasteiger partial charge in [-0.1, -0.05) is 12.1 Å². The molecule has 2 aromatic rings. The second-order valence-electron chi connectivity index (χ2n) is 10.3. The number of rotatable bonds is 5. The number of carbonyl (C=O) groups is 1. The number of nitrogens with zero attached hydrogens (tertiary/aromatic N) is 5. The first-order valence-corrected chi connectivity index (χ1v) is 14.5. The Morgan fingerprint density at radius 2 is 1.77 bits per heavy atom. The molecule has 1 spiro atoms. The van der Waals surface area contributed by atoms with Crippen molar-refractivity contribution in [2.24, 2.45) is 0 Å². The van der Waals surface area contributed by atoms with Crippen molar-refractivity contribution in [3.63, 3.8) is 0 Å². The van der Waals surface area contributed by atoms with E-state index in [4.69, 9.17) is 0 Å². The molecule has 35 heavy (non-hydrogen) atoms. The van der Waals surface area contributed by atoms with Gasteiger partial charge in [0.15, 0.2) is 5.82 Å². The van der Waals surface area contributed by atoms with Crippen molar-refractivity contribution in [2.75, 3.05) is 48.6 Å². The van der Waals surface area contributed by atoms with Crippen LogP contribution in [0, 0.1) is 6.92 Å². The maximum absolute atomic E-state index is 13.0. The van der Waals surface area contributed by atoms with Gasteiger partial charge in [-0.05, 0) is 69.2 Å². The summed E-state index contributed by atoms with van der Waals surface area (Å²) in [6, 6.07) is 8.04. The molecule has 10 heteroatoms. The van der Waals surface area contributed by atoms with Crippen LogP contribution in [0.1, 0.15) is 49.7 Å². The van der Waals surface area contributed by atoms with Gasteiger partial charge >= 0.3 is 6.03 Å². The van der Waals surface area contributed by atoms with Gasteiger partial charge in [0, 0.05) is 56.2 Å². The Kier molecular flexibility index (Phi) is 6.52. The lowest BCUT2D eigenvalue weighted by Gasteiger charge is -2.45. The van der Waals surface area contributed by atoms with Gasteiger partial charge in [0.2, 0.25) is 10.0 Å². The minimum absolute atomic E-state index is 0.139. The van der Waals surface area contributed by atoms with Crippen molar-refractivity contribution in [1.29, 1.82) is 0 Å². The Bertz CT molecular complexity index is 1180. The van der Waals surface area contributed by atoms with Crippen molar-refractivity contribution in [3.8, 4) is 0 Å². The molecule has 5 rings (SSSR count). The third kappa shape index (κ3) is 5.04. The lowest BCUT2D eigenvalue weighted by molar-refractivity contribution is 0.0584. The summed E-state index contributed by atoms with van der Waals surface area (Å²) in [7, 11) is -3.43. The quantitative estimate of drug-likeness (QED) is 0.678. The Balaban J connectivity index is 1.24. The minimum atomic E-state index is -3.43. The van der Waals surface area contributed by atoms with Crippen LogP contribution >= 0.6 is 0 Å². The number of likely N-dealkylation sites (tertiary alicyclic amines) is 2. The Morgan fingerprint density at radius 1 is 1.03 bits per heavy atom. The number of nitrogens with one attached hydrogen (secondary N) is 1. The molecule has 0 aliphatic carbocycles. The summed E-state index contributed by atoms with van der Waals surface area (Å²) in [5.41, 5.74) is 4.34. The molecule has 1 N–H and O–H groups in total. The summed E-state index contributed by atoms with van der Waals surface area (Å²) >= 11 is 0. The van der Waals surface area contributed by atoms with Gasteiger partial charge in [0.05, 0.1) is 6.26 Å². The second kappa shape index (κ2) is 9.46. The number of hydrogen-bond acceptors (Lipinski definition) is 6. The van der Waals surface area contributed by atoms with E-state index in [0.717, 1.165) is 45.3 Å². The smallest absolute Gasteiger partial charge is 0.344 e. The molecule has 1 amide bonds. The fourth-order valence-corrected chi connectivity index (χ4v) is 6.58. The SMILES string of the molecule is Cc1c(CN2CCCC23CCN(C(=O)n2ccc(NS(C)(=O)=O)n2)CC3)cccc1N1CCCC1. The van der Waals surface area contributed by atoms with Crippen molar-refractivity contribution >= 4 is 27.6 Å². The van der Waals surface area contributed by atoms with Gasteiger partial charge in [0.25, 0.3) is 0 Å². The van der Waals surface area contributed by atoms with Crippen molar-refractivity contribution < 1.29 is 13.2 Å². The van der Waals surface area contributed by atoms with Crippen LogP contribution in [0.25, 0.3) is 0 Å². The lowest BCUT2D eigenvalue weighted by Crippen LogP contribution is -2.53. The van der Waals surface area contributed by atoms with Crippen molar-refractivity contribution in [2.45, 2.75) is 57.5 Å². The normalized spacial score (nSPS) is 20.6. The van der Waals surface area contributed by atoms with E-state index in [2.05, 4.69) is 44.7 Å². The number of aromatic nitrogens is 2. The molecule has 190 valence electrons. The predicted octanol–water partition coefficient (Wildman–Crippen LogP) is 3.26. The second-order valence-corrected chi connectivity index (χ2v) is 12.0. The fraction of sp³-hybridized carbons (Fsp3) is 0.600. The third-order valence-electron chi connectivity index (χ3n) is 8.01. The van der Waals surface area contributed by atoms with Crippen LogP contribution < -0.4 is 9.62 Å². The topological polar surface area (TPSA) is 90.8 Å². The van der Waals surface area contributed by atoms with Crippen molar-refractivity contribution in [3.05, 3.63) is 41.6 Å². The van der Waals surface area contributed by atoms with Gasteiger partial charge in [-0.2, -0.15) is 4.68 Å². The highest BCUT2D eigenvalue weighted by atomic mass is 32.2. The molecule has 3 fully saturated rings. The van der Waals surface area contributed by atoms with Gasteiger partial charge < -0.3 is 9.80 Å². The molecule has 3 aliphatic rings. The first-order chi connectivity index (χ1) is 16.7. The van der Waals surface area contributed by atoms with Crippen LogP contribution in [0.15, 0.2) is 30.5 Å². The van der Waals surface area contributed by atoms with Gasteiger partial charge in [-0.3, -0.25) is 9.62 Å². The number of amides is 1.